The third-order valence-electron chi connectivity index (χ3n) is 7.83. The Morgan fingerprint density at radius 2 is 1.76 bits per heavy atom. The van der Waals surface area contributed by atoms with Crippen molar-refractivity contribution in [3.63, 3.8) is 0 Å². The Bertz CT molecular complexity index is 1500. The number of aliphatic hydroxyl groups is 1. The summed E-state index contributed by atoms with van der Waals surface area (Å²) in [5.74, 6) is -0.208. The van der Waals surface area contributed by atoms with Gasteiger partial charge in [0.1, 0.15) is 0 Å². The van der Waals surface area contributed by atoms with E-state index in [4.69, 9.17) is 0 Å². The van der Waals surface area contributed by atoms with Crippen LogP contribution in [0.2, 0.25) is 0 Å². The summed E-state index contributed by atoms with van der Waals surface area (Å²) in [7, 11) is 0. The lowest BCUT2D eigenvalue weighted by molar-refractivity contribution is -0.117. The lowest BCUT2D eigenvalue weighted by Crippen LogP contribution is -2.49. The molecule has 0 spiro atoms. The van der Waals surface area contributed by atoms with Gasteiger partial charge < -0.3 is 26.0 Å². The van der Waals surface area contributed by atoms with Crippen LogP contribution >= 0.6 is 0 Å². The zero-order chi connectivity index (χ0) is 29.3. The molecule has 4 aromatic carbocycles. The molecule has 1 aliphatic rings. The Morgan fingerprint density at radius 1 is 0.976 bits per heavy atom. The van der Waals surface area contributed by atoms with Crippen LogP contribution in [0.4, 0.5) is 11.4 Å². The highest BCUT2D eigenvalue weighted by Gasteiger charge is 2.25. The summed E-state index contributed by atoms with van der Waals surface area (Å²) in [4.78, 5) is 27.8. The van der Waals surface area contributed by atoms with Gasteiger partial charge in [0.15, 0.2) is 0 Å². The van der Waals surface area contributed by atoms with Crippen molar-refractivity contribution in [2.75, 3.05) is 36.4 Å². The van der Waals surface area contributed by atoms with E-state index in [1.54, 1.807) is 17.0 Å². The largest absolute Gasteiger partial charge is 0.390 e. The summed E-state index contributed by atoms with van der Waals surface area (Å²) < 4.78 is 0. The number of nitrogens with zero attached hydrogens (tertiary/aromatic N) is 1. The van der Waals surface area contributed by atoms with Gasteiger partial charge in [-0.15, -0.1) is 0 Å². The molecule has 0 saturated carbocycles. The smallest absolute Gasteiger partial charge is 0.251 e. The summed E-state index contributed by atoms with van der Waals surface area (Å²) in [6, 6.07) is 29.6. The first-order valence-corrected chi connectivity index (χ1v) is 14.9. The summed E-state index contributed by atoms with van der Waals surface area (Å²) >= 11 is 0. The number of rotatable bonds is 13. The highest BCUT2D eigenvalue weighted by Crippen LogP contribution is 2.27. The van der Waals surface area contributed by atoms with Crippen LogP contribution in [0.1, 0.15) is 41.3 Å². The lowest BCUT2D eigenvalue weighted by atomic mass is 10.00. The minimum absolute atomic E-state index is 0.0713. The minimum Gasteiger partial charge on any atom is -0.390 e. The number of hydrogen-bond donors (Lipinski definition) is 4. The number of aliphatic hydroxyl groups excluding tert-OH is 1. The second-order valence-corrected chi connectivity index (χ2v) is 10.9. The molecule has 2 atom stereocenters. The molecule has 0 aromatic heterocycles. The molecule has 4 aromatic rings. The average molecular weight is 565 g/mol. The van der Waals surface area contributed by atoms with E-state index < -0.39 is 12.1 Å². The number of hydrogen-bond acceptors (Lipinski definition) is 5. The molecule has 0 radical (unpaired) electrons. The Morgan fingerprint density at radius 3 is 2.55 bits per heavy atom. The van der Waals surface area contributed by atoms with Gasteiger partial charge in [-0.05, 0) is 72.8 Å². The fourth-order valence-corrected chi connectivity index (χ4v) is 5.65. The molecule has 1 fully saturated rings. The number of anilines is 2. The second kappa shape index (κ2) is 14.1. The van der Waals surface area contributed by atoms with Gasteiger partial charge in [0.2, 0.25) is 5.91 Å². The lowest BCUT2D eigenvalue weighted by Gasteiger charge is -2.25. The molecule has 218 valence electrons. The van der Waals surface area contributed by atoms with Crippen LogP contribution in [0.5, 0.6) is 0 Å². The van der Waals surface area contributed by atoms with E-state index in [9.17, 15) is 14.7 Å². The van der Waals surface area contributed by atoms with Crippen LogP contribution in [0.3, 0.4) is 0 Å². The first kappa shape index (κ1) is 29.3. The van der Waals surface area contributed by atoms with E-state index >= 15 is 0 Å². The molecule has 0 bridgehead atoms. The van der Waals surface area contributed by atoms with Gasteiger partial charge in [-0.1, -0.05) is 72.8 Å². The van der Waals surface area contributed by atoms with Crippen molar-refractivity contribution in [3.05, 3.63) is 108 Å². The second-order valence-electron chi connectivity index (χ2n) is 10.9. The molecule has 0 unspecified atom stereocenters. The SMILES string of the molecule is CCNc1cc(C(=O)N[C@@H](Cc2ccccc2)[C@H](O)CNCCc2cccc3ccccc23)cc(N2CCCC2=O)c1. The molecule has 1 heterocycles. The normalized spacial score (nSPS) is 14.6. The third-order valence-corrected chi connectivity index (χ3v) is 7.83. The Kier molecular flexibility index (Phi) is 9.85. The van der Waals surface area contributed by atoms with E-state index in [1.165, 1.54) is 16.3 Å². The standard InChI is InChI=1S/C35H40N4O3/c1-2-37-29-21-28(22-30(23-29)39-19-9-16-34(39)41)35(42)38-32(20-25-10-4-3-5-11-25)33(40)24-36-18-17-27-14-8-13-26-12-6-7-15-31(26)27/h3-8,10-15,21-23,32-33,36-37,40H,2,9,16-20,24H2,1H3,(H,38,42)/t32-,33+/m0/s1. The topological polar surface area (TPSA) is 93.7 Å². The number of carbonyl (C=O) groups is 2. The van der Waals surface area contributed by atoms with Crippen LogP contribution in [0.25, 0.3) is 10.8 Å². The van der Waals surface area contributed by atoms with Crippen molar-refractivity contribution < 1.29 is 14.7 Å². The number of fused-ring (bicyclic) bond motifs is 1. The maximum absolute atomic E-state index is 13.6. The monoisotopic (exact) mass is 564 g/mol. The molecule has 2 amide bonds. The van der Waals surface area contributed by atoms with Crippen molar-refractivity contribution in [3.8, 4) is 0 Å². The minimum atomic E-state index is -0.807. The maximum atomic E-state index is 13.6. The molecule has 5 rings (SSSR count). The predicted octanol–water partition coefficient (Wildman–Crippen LogP) is 4.93. The van der Waals surface area contributed by atoms with E-state index in [2.05, 4.69) is 52.3 Å². The van der Waals surface area contributed by atoms with E-state index in [0.29, 0.717) is 44.6 Å². The van der Waals surface area contributed by atoms with Crippen LogP contribution < -0.4 is 20.9 Å². The van der Waals surface area contributed by atoms with Crippen LogP contribution in [0.15, 0.2) is 91.0 Å². The molecular formula is C35H40N4O3. The van der Waals surface area contributed by atoms with Crippen LogP contribution in [-0.2, 0) is 17.6 Å². The van der Waals surface area contributed by atoms with Crippen molar-refractivity contribution in [1.82, 2.24) is 10.6 Å². The summed E-state index contributed by atoms with van der Waals surface area (Å²) in [6.45, 7) is 4.38. The van der Waals surface area contributed by atoms with Gasteiger partial charge in [-0.25, -0.2) is 0 Å². The predicted molar refractivity (Wildman–Crippen MR) is 170 cm³/mol. The highest BCUT2D eigenvalue weighted by atomic mass is 16.3. The first-order chi connectivity index (χ1) is 20.5. The van der Waals surface area contributed by atoms with E-state index in [0.717, 1.165) is 29.8 Å². The van der Waals surface area contributed by atoms with Crippen LogP contribution in [0, 0.1) is 0 Å². The first-order valence-electron chi connectivity index (χ1n) is 14.9. The van der Waals surface area contributed by atoms with Gasteiger partial charge in [-0.3, -0.25) is 9.59 Å². The molecular weight excluding hydrogens is 524 g/mol. The highest BCUT2D eigenvalue weighted by molar-refractivity contribution is 6.00. The van der Waals surface area contributed by atoms with Crippen LogP contribution in [-0.4, -0.2) is 55.2 Å². The quantitative estimate of drug-likeness (QED) is 0.173. The summed E-state index contributed by atoms with van der Waals surface area (Å²) in [6.07, 6.45) is 1.84. The molecule has 1 aliphatic heterocycles. The van der Waals surface area contributed by atoms with Crippen molar-refractivity contribution in [2.24, 2.45) is 0 Å². The molecule has 42 heavy (non-hydrogen) atoms. The number of benzene rings is 4. The van der Waals surface area contributed by atoms with Crippen molar-refractivity contribution in [1.29, 1.82) is 0 Å². The molecule has 7 heteroatoms. The summed E-state index contributed by atoms with van der Waals surface area (Å²) in [5, 5.41) is 23.5. The number of carbonyl (C=O) groups excluding carboxylic acids is 2. The van der Waals surface area contributed by atoms with Crippen molar-refractivity contribution in [2.45, 2.75) is 44.8 Å². The number of nitrogens with one attached hydrogen (secondary N) is 3. The van der Waals surface area contributed by atoms with Gasteiger partial charge >= 0.3 is 0 Å². The Hall–Kier alpha value is -4.20. The van der Waals surface area contributed by atoms with Gasteiger partial charge in [-0.2, -0.15) is 0 Å². The summed E-state index contributed by atoms with van der Waals surface area (Å²) in [5.41, 5.74) is 4.25. The maximum Gasteiger partial charge on any atom is 0.251 e. The van der Waals surface area contributed by atoms with E-state index in [1.807, 2.05) is 49.4 Å². The fourth-order valence-electron chi connectivity index (χ4n) is 5.65. The number of amides is 2. The fraction of sp³-hybridized carbons (Fsp3) is 0.314. The molecule has 0 aliphatic carbocycles. The van der Waals surface area contributed by atoms with Gasteiger partial charge in [0.05, 0.1) is 12.1 Å². The zero-order valence-electron chi connectivity index (χ0n) is 24.2. The van der Waals surface area contributed by atoms with Crippen molar-refractivity contribution >= 4 is 34.0 Å². The molecule has 4 N–H and O–H groups in total. The van der Waals surface area contributed by atoms with E-state index in [-0.39, 0.29) is 11.8 Å². The Balaban J connectivity index is 1.28. The van der Waals surface area contributed by atoms with Gasteiger partial charge in [0.25, 0.3) is 5.91 Å². The zero-order valence-corrected chi connectivity index (χ0v) is 24.2. The van der Waals surface area contributed by atoms with Gasteiger partial charge in [0, 0.05) is 43.0 Å². The average Bonchev–Trinajstić information content (AvgIpc) is 3.45. The molecule has 7 nitrogen and oxygen atoms in total. The Labute approximate surface area is 247 Å². The third kappa shape index (κ3) is 7.35. The molecule has 1 saturated heterocycles.